The SMILES string of the molecule is Cc1cc(C)c(C)c(Cn2c(CCCCCNC(=O)C3CC3)nc3ccccc32)c1C. The minimum atomic E-state index is 0.251. The molecule has 1 amide bonds. The molecule has 1 N–H and O–H groups in total. The number of amides is 1. The van der Waals surface area contributed by atoms with E-state index in [-0.39, 0.29) is 5.91 Å². The molecule has 3 aromatic rings. The number of carbonyl (C=O) groups excluding carboxylic acids is 1. The number of nitrogens with zero attached hydrogens (tertiary/aromatic N) is 2. The Hall–Kier alpha value is -2.62. The average Bonchev–Trinajstić information content (AvgIpc) is 3.55. The molecular formula is C27H35N3O. The maximum atomic E-state index is 11.8. The number of unbranched alkanes of at least 4 members (excludes halogenated alkanes) is 2. The maximum Gasteiger partial charge on any atom is 0.223 e. The monoisotopic (exact) mass is 417 g/mol. The minimum Gasteiger partial charge on any atom is -0.356 e. The molecule has 1 aromatic heterocycles. The summed E-state index contributed by atoms with van der Waals surface area (Å²) in [6.07, 6.45) is 6.34. The lowest BCUT2D eigenvalue weighted by molar-refractivity contribution is -0.122. The number of para-hydroxylation sites is 2. The van der Waals surface area contributed by atoms with Gasteiger partial charge in [0.15, 0.2) is 0 Å². The Kier molecular flexibility index (Phi) is 6.45. The summed E-state index contributed by atoms with van der Waals surface area (Å²) in [5.74, 6) is 1.72. The quantitative estimate of drug-likeness (QED) is 0.464. The van der Waals surface area contributed by atoms with Gasteiger partial charge in [-0.1, -0.05) is 24.6 Å². The van der Waals surface area contributed by atoms with Gasteiger partial charge in [-0.25, -0.2) is 4.98 Å². The fraction of sp³-hybridized carbons (Fsp3) is 0.481. The molecule has 1 heterocycles. The molecule has 1 fully saturated rings. The van der Waals surface area contributed by atoms with Gasteiger partial charge in [-0.3, -0.25) is 4.79 Å². The third kappa shape index (κ3) is 4.84. The Labute approximate surface area is 186 Å². The predicted octanol–water partition coefficient (Wildman–Crippen LogP) is 5.56. The standard InChI is InChI=1S/C27H35N3O/c1-18-16-19(2)21(4)23(20(18)3)17-30-25-11-8-7-10-24(25)29-26(30)12-6-5-9-15-28-27(31)22-13-14-22/h7-8,10-11,16,22H,5-6,9,12-15,17H2,1-4H3,(H,28,31). The number of fused-ring (bicyclic) bond motifs is 1. The Morgan fingerprint density at radius 1 is 1.03 bits per heavy atom. The first-order valence-electron chi connectivity index (χ1n) is 11.7. The number of nitrogens with one attached hydrogen (secondary N) is 1. The van der Waals surface area contributed by atoms with E-state index in [0.717, 1.165) is 57.1 Å². The molecule has 4 rings (SSSR count). The van der Waals surface area contributed by atoms with Crippen molar-refractivity contribution in [1.82, 2.24) is 14.9 Å². The van der Waals surface area contributed by atoms with Gasteiger partial charge < -0.3 is 9.88 Å². The van der Waals surface area contributed by atoms with Crippen molar-refractivity contribution in [3.8, 4) is 0 Å². The number of imidazole rings is 1. The van der Waals surface area contributed by atoms with Crippen molar-refractivity contribution in [1.29, 1.82) is 0 Å². The summed E-state index contributed by atoms with van der Waals surface area (Å²) < 4.78 is 2.42. The highest BCUT2D eigenvalue weighted by atomic mass is 16.2. The Morgan fingerprint density at radius 2 is 1.74 bits per heavy atom. The molecule has 0 bridgehead atoms. The van der Waals surface area contributed by atoms with Gasteiger partial charge in [-0.15, -0.1) is 0 Å². The van der Waals surface area contributed by atoms with Crippen LogP contribution in [0.2, 0.25) is 0 Å². The van der Waals surface area contributed by atoms with E-state index in [1.807, 2.05) is 0 Å². The highest BCUT2D eigenvalue weighted by Crippen LogP contribution is 2.29. The van der Waals surface area contributed by atoms with E-state index in [2.05, 4.69) is 67.9 Å². The first kappa shape index (κ1) is 21.6. The number of rotatable bonds is 9. The van der Waals surface area contributed by atoms with E-state index in [0.29, 0.717) is 5.92 Å². The van der Waals surface area contributed by atoms with Crippen LogP contribution >= 0.6 is 0 Å². The van der Waals surface area contributed by atoms with Crippen LogP contribution in [0.25, 0.3) is 11.0 Å². The molecule has 0 radical (unpaired) electrons. The lowest BCUT2D eigenvalue weighted by Gasteiger charge is -2.18. The summed E-state index contributed by atoms with van der Waals surface area (Å²) in [5, 5.41) is 3.07. The molecule has 31 heavy (non-hydrogen) atoms. The maximum absolute atomic E-state index is 11.8. The smallest absolute Gasteiger partial charge is 0.223 e. The van der Waals surface area contributed by atoms with Crippen LogP contribution in [0, 0.1) is 33.6 Å². The Balaban J connectivity index is 1.47. The van der Waals surface area contributed by atoms with Gasteiger partial charge in [0.1, 0.15) is 5.82 Å². The van der Waals surface area contributed by atoms with Gasteiger partial charge in [0.2, 0.25) is 5.91 Å². The number of carbonyl (C=O) groups is 1. The number of hydrogen-bond donors (Lipinski definition) is 1. The summed E-state index contributed by atoms with van der Waals surface area (Å²) in [4.78, 5) is 16.7. The first-order valence-corrected chi connectivity index (χ1v) is 11.7. The number of hydrogen-bond acceptors (Lipinski definition) is 2. The lowest BCUT2D eigenvalue weighted by atomic mass is 9.94. The molecule has 0 spiro atoms. The molecule has 4 heteroatoms. The van der Waals surface area contributed by atoms with Crippen molar-refractivity contribution in [2.24, 2.45) is 5.92 Å². The van der Waals surface area contributed by atoms with Crippen molar-refractivity contribution in [3.63, 3.8) is 0 Å². The predicted molar refractivity (Wildman–Crippen MR) is 128 cm³/mol. The van der Waals surface area contributed by atoms with Crippen LogP contribution in [0.1, 0.15) is 65.7 Å². The van der Waals surface area contributed by atoms with Gasteiger partial charge >= 0.3 is 0 Å². The second kappa shape index (κ2) is 9.25. The summed E-state index contributed by atoms with van der Waals surface area (Å²) in [7, 11) is 0. The molecule has 0 atom stereocenters. The Bertz CT molecular complexity index is 1070. The summed E-state index contributed by atoms with van der Waals surface area (Å²) in [5.41, 5.74) is 9.21. The topological polar surface area (TPSA) is 46.9 Å². The van der Waals surface area contributed by atoms with Gasteiger partial charge in [-0.05, 0) is 93.3 Å². The van der Waals surface area contributed by atoms with Crippen molar-refractivity contribution >= 4 is 16.9 Å². The third-order valence-electron chi connectivity index (χ3n) is 6.90. The summed E-state index contributed by atoms with van der Waals surface area (Å²) in [6, 6.07) is 10.8. The first-order chi connectivity index (χ1) is 15.0. The van der Waals surface area contributed by atoms with Crippen LogP contribution in [0.15, 0.2) is 30.3 Å². The molecule has 4 nitrogen and oxygen atoms in total. The molecule has 164 valence electrons. The van der Waals surface area contributed by atoms with Gasteiger partial charge in [0, 0.05) is 25.4 Å². The van der Waals surface area contributed by atoms with Gasteiger partial charge in [0.25, 0.3) is 0 Å². The zero-order valence-corrected chi connectivity index (χ0v) is 19.4. The number of aromatic nitrogens is 2. The number of aryl methyl sites for hydroxylation is 3. The van der Waals surface area contributed by atoms with Crippen LogP contribution < -0.4 is 5.32 Å². The van der Waals surface area contributed by atoms with E-state index < -0.39 is 0 Å². The second-order valence-electron chi connectivity index (χ2n) is 9.22. The zero-order chi connectivity index (χ0) is 22.0. The molecule has 1 saturated carbocycles. The van der Waals surface area contributed by atoms with Crippen LogP contribution in [-0.4, -0.2) is 22.0 Å². The zero-order valence-electron chi connectivity index (χ0n) is 19.4. The Morgan fingerprint density at radius 3 is 2.45 bits per heavy atom. The van der Waals surface area contributed by atoms with Crippen molar-refractivity contribution in [2.45, 2.75) is 72.8 Å². The van der Waals surface area contributed by atoms with E-state index in [9.17, 15) is 4.79 Å². The van der Waals surface area contributed by atoms with E-state index in [1.165, 1.54) is 39.2 Å². The van der Waals surface area contributed by atoms with Gasteiger partial charge in [-0.2, -0.15) is 0 Å². The van der Waals surface area contributed by atoms with Crippen molar-refractivity contribution in [2.75, 3.05) is 6.54 Å². The molecule has 2 aromatic carbocycles. The molecule has 0 unspecified atom stereocenters. The average molecular weight is 418 g/mol. The van der Waals surface area contributed by atoms with Crippen molar-refractivity contribution in [3.05, 3.63) is 64.0 Å². The van der Waals surface area contributed by atoms with E-state index in [1.54, 1.807) is 0 Å². The van der Waals surface area contributed by atoms with Gasteiger partial charge in [0.05, 0.1) is 11.0 Å². The molecule has 0 saturated heterocycles. The molecule has 0 aliphatic heterocycles. The van der Waals surface area contributed by atoms with E-state index >= 15 is 0 Å². The normalized spacial score (nSPS) is 13.7. The van der Waals surface area contributed by atoms with Crippen LogP contribution in [0.4, 0.5) is 0 Å². The number of benzene rings is 2. The fourth-order valence-corrected chi connectivity index (χ4v) is 4.47. The van der Waals surface area contributed by atoms with Crippen molar-refractivity contribution < 1.29 is 4.79 Å². The molecular weight excluding hydrogens is 382 g/mol. The largest absolute Gasteiger partial charge is 0.356 e. The van der Waals surface area contributed by atoms with Crippen LogP contribution in [0.5, 0.6) is 0 Å². The molecule has 1 aliphatic carbocycles. The summed E-state index contributed by atoms with van der Waals surface area (Å²) >= 11 is 0. The molecule has 1 aliphatic rings. The van der Waals surface area contributed by atoms with Crippen LogP contribution in [-0.2, 0) is 17.8 Å². The van der Waals surface area contributed by atoms with E-state index in [4.69, 9.17) is 4.98 Å². The minimum absolute atomic E-state index is 0.251. The lowest BCUT2D eigenvalue weighted by Crippen LogP contribution is -2.25. The van der Waals surface area contributed by atoms with Crippen LogP contribution in [0.3, 0.4) is 0 Å². The second-order valence-corrected chi connectivity index (χ2v) is 9.22. The highest BCUT2D eigenvalue weighted by Gasteiger charge is 2.28. The fourth-order valence-electron chi connectivity index (χ4n) is 4.47. The summed E-state index contributed by atoms with van der Waals surface area (Å²) in [6.45, 7) is 10.6. The third-order valence-corrected chi connectivity index (χ3v) is 6.90. The highest BCUT2D eigenvalue weighted by molar-refractivity contribution is 5.80.